The van der Waals surface area contributed by atoms with E-state index in [9.17, 15) is 41.4 Å². The number of carbonyl (C=O) groups is 1. The van der Waals surface area contributed by atoms with E-state index < -0.39 is 47.5 Å². The van der Waals surface area contributed by atoms with Crippen molar-refractivity contribution >= 4 is 17.6 Å². The summed E-state index contributed by atoms with van der Waals surface area (Å²) in [7, 11) is 0. The van der Waals surface area contributed by atoms with Crippen molar-refractivity contribution < 1.29 is 46.1 Å². The summed E-state index contributed by atoms with van der Waals surface area (Å²) in [6.07, 6.45) is -8.46. The lowest BCUT2D eigenvalue weighted by molar-refractivity contribution is -0.143. The molecule has 3 aromatic rings. The first-order chi connectivity index (χ1) is 22.0. The molecule has 47 heavy (non-hydrogen) atoms. The fourth-order valence-corrected chi connectivity index (χ4v) is 6.18. The van der Waals surface area contributed by atoms with Gasteiger partial charge in [-0.2, -0.15) is 31.1 Å². The van der Waals surface area contributed by atoms with Crippen molar-refractivity contribution in [3.8, 4) is 0 Å². The van der Waals surface area contributed by atoms with E-state index in [-0.39, 0.29) is 37.2 Å². The fraction of sp³-hybridized carbons (Fsp3) is 0.548. The van der Waals surface area contributed by atoms with E-state index in [1.54, 1.807) is 4.90 Å². The number of aliphatic hydroxyl groups excluding tert-OH is 1. The van der Waals surface area contributed by atoms with Gasteiger partial charge in [0.25, 0.3) is 5.95 Å². The van der Waals surface area contributed by atoms with Crippen LogP contribution in [0.3, 0.4) is 0 Å². The van der Waals surface area contributed by atoms with Crippen LogP contribution in [-0.2, 0) is 48.2 Å². The van der Waals surface area contributed by atoms with Crippen LogP contribution in [0.1, 0.15) is 79.0 Å². The molecule has 5 rings (SSSR count). The average Bonchev–Trinajstić information content (AvgIpc) is 3.59. The lowest BCUT2D eigenvalue weighted by atomic mass is 9.85. The minimum atomic E-state index is -5.02. The predicted octanol–water partition coefficient (Wildman–Crippen LogP) is 5.97. The van der Waals surface area contributed by atoms with Crippen molar-refractivity contribution in [3.63, 3.8) is 0 Å². The Bertz CT molecular complexity index is 1560. The van der Waals surface area contributed by atoms with Crippen LogP contribution >= 0.6 is 0 Å². The van der Waals surface area contributed by atoms with Crippen LogP contribution in [0.4, 0.5) is 38.0 Å². The van der Waals surface area contributed by atoms with Gasteiger partial charge in [0.15, 0.2) is 0 Å². The summed E-state index contributed by atoms with van der Waals surface area (Å²) in [4.78, 5) is 16.3. The van der Waals surface area contributed by atoms with Crippen LogP contribution in [0, 0.1) is 5.41 Å². The van der Waals surface area contributed by atoms with Gasteiger partial charge >= 0.3 is 18.3 Å². The highest BCUT2D eigenvalue weighted by Crippen LogP contribution is 2.43. The molecule has 0 saturated heterocycles. The number of anilines is 2. The van der Waals surface area contributed by atoms with Crippen molar-refractivity contribution in [1.82, 2.24) is 20.2 Å². The average molecular weight is 671 g/mol. The minimum absolute atomic E-state index is 0.0192. The molecule has 2 aliphatic rings. The molecule has 0 aliphatic carbocycles. The Labute approximate surface area is 266 Å². The number of hydrogen-bond donors (Lipinski definition) is 2. The van der Waals surface area contributed by atoms with E-state index in [0.717, 1.165) is 27.2 Å². The van der Waals surface area contributed by atoms with Gasteiger partial charge in [0.2, 0.25) is 0 Å². The van der Waals surface area contributed by atoms with Gasteiger partial charge in [-0.1, -0.05) is 18.9 Å². The molecule has 2 aliphatic heterocycles. The third-order valence-electron chi connectivity index (χ3n) is 8.53. The normalized spacial score (nSPS) is 17.0. The van der Waals surface area contributed by atoms with Gasteiger partial charge in [-0.25, -0.2) is 0 Å². The number of carboxylic acid groups (broad SMARTS) is 1. The highest BCUT2D eigenvalue weighted by molar-refractivity contribution is 5.67. The monoisotopic (exact) mass is 670 g/mol. The number of rotatable bonds is 11. The van der Waals surface area contributed by atoms with Crippen molar-refractivity contribution in [2.45, 2.75) is 84.2 Å². The Balaban J connectivity index is 1.60. The summed E-state index contributed by atoms with van der Waals surface area (Å²) >= 11 is 0. The molecule has 2 N–H and O–H groups in total. The Morgan fingerprint density at radius 1 is 1.00 bits per heavy atom. The van der Waals surface area contributed by atoms with Gasteiger partial charge in [-0.3, -0.25) is 4.79 Å². The smallest absolute Gasteiger partial charge is 0.416 e. The molecule has 0 fully saturated rings. The summed E-state index contributed by atoms with van der Waals surface area (Å²) in [5.74, 6) is -0.921. The second-order valence-electron chi connectivity index (χ2n) is 12.8. The van der Waals surface area contributed by atoms with E-state index in [0.29, 0.717) is 57.7 Å². The molecule has 0 saturated carbocycles. The maximum Gasteiger partial charge on any atom is 0.416 e. The summed E-state index contributed by atoms with van der Waals surface area (Å²) < 4.78 is 88.4. The molecule has 1 aromatic heterocycles. The first-order valence-electron chi connectivity index (χ1n) is 15.2. The Morgan fingerprint density at radius 3 is 2.28 bits per heavy atom. The lowest BCUT2D eigenvalue weighted by Gasteiger charge is -2.34. The number of benzene rings is 2. The summed E-state index contributed by atoms with van der Waals surface area (Å²) in [5.41, 5.74) is -0.134. The first-order valence-corrected chi connectivity index (χ1v) is 15.2. The first kappa shape index (κ1) is 34.4. The van der Waals surface area contributed by atoms with Gasteiger partial charge in [0.05, 0.1) is 50.0 Å². The van der Waals surface area contributed by atoms with Crippen LogP contribution in [-0.4, -0.2) is 56.1 Å². The van der Waals surface area contributed by atoms with Gasteiger partial charge in [-0.15, -0.1) is 5.10 Å². The molecule has 10 nitrogen and oxygen atoms in total. The number of ether oxygens (including phenoxy) is 1. The summed E-state index contributed by atoms with van der Waals surface area (Å²) in [5, 5.41) is 31.2. The van der Waals surface area contributed by atoms with Crippen molar-refractivity contribution in [2.24, 2.45) is 5.41 Å². The maximum atomic E-state index is 13.8. The molecule has 1 unspecified atom stereocenters. The van der Waals surface area contributed by atoms with Crippen molar-refractivity contribution in [2.75, 3.05) is 29.5 Å². The molecular weight excluding hydrogens is 634 g/mol. The van der Waals surface area contributed by atoms with E-state index in [2.05, 4.69) is 20.3 Å². The number of aliphatic hydroxyl groups is 1. The second kappa shape index (κ2) is 13.3. The Hall–Kier alpha value is -3.92. The second-order valence-corrected chi connectivity index (χ2v) is 12.8. The molecule has 3 heterocycles. The van der Waals surface area contributed by atoms with Crippen LogP contribution < -0.4 is 9.80 Å². The van der Waals surface area contributed by atoms with Crippen molar-refractivity contribution in [3.05, 3.63) is 63.7 Å². The number of carboxylic acids is 1. The van der Waals surface area contributed by atoms with Crippen molar-refractivity contribution in [1.29, 1.82) is 0 Å². The number of aromatic nitrogens is 4. The van der Waals surface area contributed by atoms with Crippen LogP contribution in [0.15, 0.2) is 30.3 Å². The molecule has 0 spiro atoms. The molecule has 0 bridgehead atoms. The number of aliphatic carboxylic acids is 1. The molecule has 2 aromatic carbocycles. The number of nitrogens with zero attached hydrogens (tertiary/aromatic N) is 6. The molecule has 0 radical (unpaired) electrons. The molecular formula is C31H36F6N6O4. The zero-order valence-electron chi connectivity index (χ0n) is 25.9. The van der Waals surface area contributed by atoms with Crippen LogP contribution in [0.5, 0.6) is 0 Å². The third-order valence-corrected chi connectivity index (χ3v) is 8.53. The van der Waals surface area contributed by atoms with E-state index in [1.807, 2.05) is 26.0 Å². The van der Waals surface area contributed by atoms with E-state index >= 15 is 0 Å². The minimum Gasteiger partial charge on any atom is -0.481 e. The van der Waals surface area contributed by atoms with Crippen LogP contribution in [0.2, 0.25) is 0 Å². The summed E-state index contributed by atoms with van der Waals surface area (Å²) in [6, 6.07) is 4.86. The SMILES string of the molecule is CC(C)(CCN1CCCC(N(Cc2cc(C(F)(F)F)cc(C(F)(F)F)c2)c2nnn(CCO)n2)c2cc3c(cc21)COC3)CC(=O)O. The molecule has 0 amide bonds. The molecule has 1 atom stereocenters. The van der Waals surface area contributed by atoms with E-state index in [4.69, 9.17) is 4.74 Å². The van der Waals surface area contributed by atoms with Crippen LogP contribution in [0.25, 0.3) is 0 Å². The van der Waals surface area contributed by atoms with Gasteiger partial charge < -0.3 is 24.7 Å². The zero-order chi connectivity index (χ0) is 34.1. The lowest BCUT2D eigenvalue weighted by Crippen LogP contribution is -2.31. The largest absolute Gasteiger partial charge is 0.481 e. The standard InChI is InChI=1S/C31H36F6N6O4/c1-29(2,15-27(45)46)5-7-41-6-3-4-25(24-12-20-17-47-18-21(20)13-26(24)41)42(28-38-40-43(39-28)8-9-44)16-19-10-22(30(32,33)34)14-23(11-19)31(35,36)37/h10-14,25,44H,3-9,15-18H2,1-2H3,(H,45,46). The Kier molecular flexibility index (Phi) is 9.74. The fourth-order valence-electron chi connectivity index (χ4n) is 6.18. The number of fused-ring (bicyclic) bond motifs is 2. The third kappa shape index (κ3) is 8.15. The quantitative estimate of drug-likeness (QED) is 0.238. The van der Waals surface area contributed by atoms with E-state index in [1.165, 1.54) is 0 Å². The number of alkyl halides is 6. The molecule has 16 heteroatoms. The zero-order valence-corrected chi connectivity index (χ0v) is 25.9. The highest BCUT2D eigenvalue weighted by atomic mass is 19.4. The Morgan fingerprint density at radius 2 is 1.66 bits per heavy atom. The number of hydrogen-bond acceptors (Lipinski definition) is 8. The summed E-state index contributed by atoms with van der Waals surface area (Å²) in [6.45, 7) is 4.85. The predicted molar refractivity (Wildman–Crippen MR) is 157 cm³/mol. The maximum absolute atomic E-state index is 13.8. The number of halogens is 6. The highest BCUT2D eigenvalue weighted by Gasteiger charge is 2.38. The molecule has 256 valence electrons. The van der Waals surface area contributed by atoms with Gasteiger partial charge in [-0.05, 0) is 82.5 Å². The topological polar surface area (TPSA) is 117 Å². The number of tetrazole rings is 1. The van der Waals surface area contributed by atoms with Gasteiger partial charge in [0, 0.05) is 25.3 Å². The van der Waals surface area contributed by atoms with Gasteiger partial charge in [0.1, 0.15) is 0 Å².